The summed E-state index contributed by atoms with van der Waals surface area (Å²) < 4.78 is 12.9. The predicted molar refractivity (Wildman–Crippen MR) is 107 cm³/mol. The van der Waals surface area contributed by atoms with E-state index in [1.165, 1.54) is 0 Å². The van der Waals surface area contributed by atoms with Crippen LogP contribution in [0.3, 0.4) is 0 Å². The number of carbonyl (C=O) groups excluding carboxylic acids is 1. The van der Waals surface area contributed by atoms with Gasteiger partial charge < -0.3 is 14.5 Å². The summed E-state index contributed by atoms with van der Waals surface area (Å²) >= 11 is 0. The number of hydrogen-bond acceptors (Lipinski definition) is 6. The molecule has 1 unspecified atom stereocenters. The molecule has 29 heavy (non-hydrogen) atoms. The Bertz CT molecular complexity index is 1040. The fourth-order valence-corrected chi connectivity index (χ4v) is 3.61. The van der Waals surface area contributed by atoms with Gasteiger partial charge in [-0.15, -0.1) is 0 Å². The third-order valence-electron chi connectivity index (χ3n) is 5.11. The second kappa shape index (κ2) is 7.44. The van der Waals surface area contributed by atoms with Crippen LogP contribution in [0.15, 0.2) is 35.0 Å². The number of furan rings is 1. The Morgan fingerprint density at radius 2 is 2.10 bits per heavy atom. The lowest BCUT2D eigenvalue weighted by Crippen LogP contribution is -2.45. The number of rotatable bonds is 4. The Morgan fingerprint density at radius 3 is 2.83 bits per heavy atom. The van der Waals surface area contributed by atoms with Crippen molar-refractivity contribution >= 4 is 5.91 Å². The van der Waals surface area contributed by atoms with E-state index in [-0.39, 0.29) is 17.6 Å². The molecular weight excluding hydrogens is 370 g/mol. The second-order valence-corrected chi connectivity index (χ2v) is 7.98. The molecule has 8 heteroatoms. The summed E-state index contributed by atoms with van der Waals surface area (Å²) in [6.07, 6.45) is 4.79. The number of aromatic nitrogens is 4. The molecule has 1 saturated heterocycles. The van der Waals surface area contributed by atoms with E-state index in [1.807, 2.05) is 39.8 Å². The monoisotopic (exact) mass is 395 g/mol. The van der Waals surface area contributed by atoms with Gasteiger partial charge in [0.05, 0.1) is 23.1 Å². The molecule has 1 fully saturated rings. The van der Waals surface area contributed by atoms with E-state index in [2.05, 4.69) is 20.4 Å². The van der Waals surface area contributed by atoms with E-state index >= 15 is 0 Å². The summed E-state index contributed by atoms with van der Waals surface area (Å²) in [6, 6.07) is 5.61. The van der Waals surface area contributed by atoms with Crippen molar-refractivity contribution in [1.82, 2.24) is 25.1 Å². The van der Waals surface area contributed by atoms with E-state index in [0.717, 1.165) is 18.6 Å². The number of amides is 1. The van der Waals surface area contributed by atoms with Crippen molar-refractivity contribution in [2.24, 2.45) is 0 Å². The largest absolute Gasteiger partial charge is 0.460 e. The Hall–Kier alpha value is -3.00. The van der Waals surface area contributed by atoms with Crippen LogP contribution in [0, 0.1) is 13.8 Å². The molecule has 1 atom stereocenters. The quantitative estimate of drug-likeness (QED) is 0.729. The number of carbonyl (C=O) groups is 1. The second-order valence-electron chi connectivity index (χ2n) is 7.98. The Kier molecular flexibility index (Phi) is 4.96. The van der Waals surface area contributed by atoms with Gasteiger partial charge in [-0.1, -0.05) is 0 Å². The van der Waals surface area contributed by atoms with Crippen molar-refractivity contribution in [2.45, 2.75) is 52.2 Å². The molecule has 4 rings (SSSR count). The maximum atomic E-state index is 12.8. The average Bonchev–Trinajstić information content (AvgIpc) is 3.27. The summed E-state index contributed by atoms with van der Waals surface area (Å²) in [5.74, 6) is 1.72. The molecule has 8 nitrogen and oxygen atoms in total. The summed E-state index contributed by atoms with van der Waals surface area (Å²) in [4.78, 5) is 21.7. The SMILES string of the molecule is Cc1ccc(-c2ccnc(-n3ncc(C(=O)NC4CCOC(C)(C)C4)c3C)n2)o1. The minimum atomic E-state index is -0.228. The topological polar surface area (TPSA) is 95.1 Å². The maximum absolute atomic E-state index is 12.8. The molecule has 0 saturated carbocycles. The van der Waals surface area contributed by atoms with Gasteiger partial charge in [0.15, 0.2) is 5.76 Å². The Morgan fingerprint density at radius 1 is 1.28 bits per heavy atom. The van der Waals surface area contributed by atoms with Crippen LogP contribution in [-0.4, -0.2) is 43.9 Å². The lowest BCUT2D eigenvalue weighted by Gasteiger charge is -2.35. The zero-order valence-corrected chi connectivity index (χ0v) is 17.1. The van der Waals surface area contributed by atoms with E-state index in [4.69, 9.17) is 9.15 Å². The van der Waals surface area contributed by atoms with Crippen LogP contribution in [0.1, 0.15) is 48.5 Å². The van der Waals surface area contributed by atoms with E-state index < -0.39 is 0 Å². The average molecular weight is 395 g/mol. The van der Waals surface area contributed by atoms with Crippen LogP contribution in [0.2, 0.25) is 0 Å². The first-order chi connectivity index (χ1) is 13.8. The summed E-state index contributed by atoms with van der Waals surface area (Å²) in [7, 11) is 0. The lowest BCUT2D eigenvalue weighted by atomic mass is 9.94. The van der Waals surface area contributed by atoms with Gasteiger partial charge in [-0.2, -0.15) is 5.10 Å². The Balaban J connectivity index is 1.55. The highest BCUT2D eigenvalue weighted by Gasteiger charge is 2.30. The molecule has 1 N–H and O–H groups in total. The van der Waals surface area contributed by atoms with E-state index in [1.54, 1.807) is 23.1 Å². The minimum absolute atomic E-state index is 0.0794. The number of nitrogens with zero attached hydrogens (tertiary/aromatic N) is 4. The standard InChI is InChI=1S/C21H25N5O3/c1-13-5-6-18(29-13)17-7-9-22-20(25-17)26-14(2)16(12-23-26)19(27)24-15-8-10-28-21(3,4)11-15/h5-7,9,12,15H,8,10-11H2,1-4H3,(H,24,27). The van der Waals surface area contributed by atoms with Crippen LogP contribution >= 0.6 is 0 Å². The van der Waals surface area contributed by atoms with Gasteiger partial charge in [-0.3, -0.25) is 4.79 Å². The van der Waals surface area contributed by atoms with Gasteiger partial charge >= 0.3 is 0 Å². The molecule has 1 aliphatic rings. The highest BCUT2D eigenvalue weighted by Crippen LogP contribution is 2.25. The fourth-order valence-electron chi connectivity index (χ4n) is 3.61. The molecule has 0 spiro atoms. The minimum Gasteiger partial charge on any atom is -0.460 e. The summed E-state index contributed by atoms with van der Waals surface area (Å²) in [6.45, 7) is 8.44. The van der Waals surface area contributed by atoms with E-state index in [0.29, 0.717) is 35.3 Å². The van der Waals surface area contributed by atoms with Gasteiger partial charge in [0.25, 0.3) is 11.9 Å². The zero-order chi connectivity index (χ0) is 20.6. The first kappa shape index (κ1) is 19.3. The zero-order valence-electron chi connectivity index (χ0n) is 17.1. The fraction of sp³-hybridized carbons (Fsp3) is 0.429. The van der Waals surface area contributed by atoms with E-state index in [9.17, 15) is 4.79 Å². The van der Waals surface area contributed by atoms with Crippen molar-refractivity contribution in [3.8, 4) is 17.4 Å². The number of hydrogen-bond donors (Lipinski definition) is 1. The molecule has 0 aliphatic carbocycles. The summed E-state index contributed by atoms with van der Waals surface area (Å²) in [5, 5.41) is 7.45. The van der Waals surface area contributed by atoms with Crippen molar-refractivity contribution < 1.29 is 13.9 Å². The van der Waals surface area contributed by atoms with Gasteiger partial charge in [-0.25, -0.2) is 14.6 Å². The van der Waals surface area contributed by atoms with Gasteiger partial charge in [0.1, 0.15) is 11.5 Å². The molecule has 3 aromatic rings. The predicted octanol–water partition coefficient (Wildman–Crippen LogP) is 3.23. The van der Waals surface area contributed by atoms with Crippen LogP contribution in [0.4, 0.5) is 0 Å². The van der Waals surface area contributed by atoms with Crippen LogP contribution in [-0.2, 0) is 4.74 Å². The highest BCUT2D eigenvalue weighted by molar-refractivity contribution is 5.95. The molecule has 0 aromatic carbocycles. The number of ether oxygens (including phenoxy) is 1. The molecule has 0 radical (unpaired) electrons. The number of nitrogens with one attached hydrogen (secondary N) is 1. The third kappa shape index (κ3) is 4.07. The first-order valence-corrected chi connectivity index (χ1v) is 9.72. The normalized spacial score (nSPS) is 18.6. The van der Waals surface area contributed by atoms with Crippen LogP contribution < -0.4 is 5.32 Å². The van der Waals surface area contributed by atoms with Gasteiger partial charge in [0, 0.05) is 18.8 Å². The molecule has 152 valence electrons. The third-order valence-corrected chi connectivity index (χ3v) is 5.11. The van der Waals surface area contributed by atoms with Crippen molar-refractivity contribution in [1.29, 1.82) is 0 Å². The molecule has 1 amide bonds. The van der Waals surface area contributed by atoms with Crippen molar-refractivity contribution in [3.05, 3.63) is 47.6 Å². The molecular formula is C21H25N5O3. The molecule has 0 bridgehead atoms. The molecule has 3 aromatic heterocycles. The molecule has 4 heterocycles. The van der Waals surface area contributed by atoms with Crippen LogP contribution in [0.5, 0.6) is 0 Å². The Labute approximate surface area is 169 Å². The number of aryl methyl sites for hydroxylation is 1. The maximum Gasteiger partial charge on any atom is 0.254 e. The van der Waals surface area contributed by atoms with Gasteiger partial charge in [-0.05, 0) is 58.7 Å². The van der Waals surface area contributed by atoms with Gasteiger partial charge in [0.2, 0.25) is 0 Å². The summed E-state index contributed by atoms with van der Waals surface area (Å²) in [5.41, 5.74) is 1.63. The van der Waals surface area contributed by atoms with Crippen molar-refractivity contribution in [3.63, 3.8) is 0 Å². The lowest BCUT2D eigenvalue weighted by molar-refractivity contribution is -0.0615. The van der Waals surface area contributed by atoms with Crippen molar-refractivity contribution in [2.75, 3.05) is 6.61 Å². The molecule has 1 aliphatic heterocycles. The smallest absolute Gasteiger partial charge is 0.254 e. The van der Waals surface area contributed by atoms with Crippen LogP contribution in [0.25, 0.3) is 17.4 Å². The highest BCUT2D eigenvalue weighted by atomic mass is 16.5. The first-order valence-electron chi connectivity index (χ1n) is 9.72.